The first-order valence-electron chi connectivity index (χ1n) is 8.23. The Hall–Kier alpha value is -1.20. The fourth-order valence-electron chi connectivity index (χ4n) is 3.74. The zero-order valence-corrected chi connectivity index (χ0v) is 12.7. The molecule has 3 aliphatic rings. The first-order chi connectivity index (χ1) is 10.2. The van der Waals surface area contributed by atoms with Crippen molar-refractivity contribution in [2.24, 2.45) is 0 Å². The number of likely N-dealkylation sites (N-methyl/N-ethyl adjacent to an activating group) is 1. The van der Waals surface area contributed by atoms with Gasteiger partial charge >= 0.3 is 0 Å². The van der Waals surface area contributed by atoms with Gasteiger partial charge in [0.15, 0.2) is 5.82 Å². The molecule has 0 spiro atoms. The molecule has 2 heterocycles. The van der Waals surface area contributed by atoms with Crippen LogP contribution in [-0.4, -0.2) is 58.5 Å². The quantitative estimate of drug-likeness (QED) is 0.899. The van der Waals surface area contributed by atoms with Crippen LogP contribution in [0.4, 0.5) is 5.82 Å². The molecule has 5 nitrogen and oxygen atoms in total. The Balaban J connectivity index is 1.39. The Kier molecular flexibility index (Phi) is 3.34. The molecular weight excluding hydrogens is 264 g/mol. The average molecular weight is 288 g/mol. The lowest BCUT2D eigenvalue weighted by atomic mass is 9.86. The van der Waals surface area contributed by atoms with Crippen LogP contribution in [0.5, 0.6) is 0 Å². The third-order valence-electron chi connectivity index (χ3n) is 5.54. The molecule has 5 heteroatoms. The number of aromatic nitrogens is 2. The summed E-state index contributed by atoms with van der Waals surface area (Å²) in [5, 5.41) is 18.6. The molecule has 1 aromatic heterocycles. The maximum Gasteiger partial charge on any atom is 0.151 e. The lowest BCUT2D eigenvalue weighted by Crippen LogP contribution is -2.64. The molecule has 2 unspecified atom stereocenters. The second-order valence-electron chi connectivity index (χ2n) is 6.82. The van der Waals surface area contributed by atoms with E-state index in [1.54, 1.807) is 0 Å². The molecule has 0 bridgehead atoms. The Morgan fingerprint density at radius 2 is 2.00 bits per heavy atom. The highest BCUT2D eigenvalue weighted by molar-refractivity contribution is 5.45. The van der Waals surface area contributed by atoms with Gasteiger partial charge < -0.3 is 10.0 Å². The molecule has 2 aliphatic carbocycles. The van der Waals surface area contributed by atoms with E-state index in [1.165, 1.54) is 24.1 Å². The van der Waals surface area contributed by atoms with Crippen molar-refractivity contribution in [3.05, 3.63) is 17.3 Å². The second-order valence-corrected chi connectivity index (χ2v) is 6.82. The highest BCUT2D eigenvalue weighted by Gasteiger charge is 2.40. The van der Waals surface area contributed by atoms with Gasteiger partial charge in [0.2, 0.25) is 0 Å². The van der Waals surface area contributed by atoms with Gasteiger partial charge in [-0.15, -0.1) is 5.10 Å². The molecule has 0 radical (unpaired) electrons. The minimum Gasteiger partial charge on any atom is -0.391 e. The van der Waals surface area contributed by atoms with Gasteiger partial charge in [0.05, 0.1) is 11.8 Å². The van der Waals surface area contributed by atoms with Crippen molar-refractivity contribution in [3.63, 3.8) is 0 Å². The van der Waals surface area contributed by atoms with Crippen LogP contribution in [0.2, 0.25) is 0 Å². The summed E-state index contributed by atoms with van der Waals surface area (Å²) < 4.78 is 0. The maximum absolute atomic E-state index is 9.78. The lowest BCUT2D eigenvalue weighted by molar-refractivity contribution is -0.0317. The van der Waals surface area contributed by atoms with Crippen LogP contribution in [0.3, 0.4) is 0 Å². The summed E-state index contributed by atoms with van der Waals surface area (Å²) in [6.07, 6.45) is 6.75. The van der Waals surface area contributed by atoms with Crippen molar-refractivity contribution in [1.29, 1.82) is 0 Å². The number of fused-ring (bicyclic) bond motifs is 1. The number of hydrogen-bond acceptors (Lipinski definition) is 5. The first-order valence-corrected chi connectivity index (χ1v) is 8.23. The molecule has 1 N–H and O–H groups in total. The summed E-state index contributed by atoms with van der Waals surface area (Å²) in [5.74, 6) is 1.04. The summed E-state index contributed by atoms with van der Waals surface area (Å²) in [7, 11) is 2.15. The fraction of sp³-hybridized carbons (Fsp3) is 0.750. The van der Waals surface area contributed by atoms with E-state index in [0.717, 1.165) is 44.6 Å². The monoisotopic (exact) mass is 288 g/mol. The molecule has 114 valence electrons. The topological polar surface area (TPSA) is 52.5 Å². The molecule has 1 saturated heterocycles. The summed E-state index contributed by atoms with van der Waals surface area (Å²) >= 11 is 0. The lowest BCUT2D eigenvalue weighted by Gasteiger charge is -2.50. The van der Waals surface area contributed by atoms with Crippen molar-refractivity contribution in [2.45, 2.75) is 56.7 Å². The number of aliphatic hydroxyl groups is 1. The van der Waals surface area contributed by atoms with E-state index in [1.807, 2.05) is 0 Å². The smallest absolute Gasteiger partial charge is 0.151 e. The molecular formula is C16H24N4O. The largest absolute Gasteiger partial charge is 0.391 e. The zero-order chi connectivity index (χ0) is 14.4. The van der Waals surface area contributed by atoms with E-state index < -0.39 is 0 Å². The van der Waals surface area contributed by atoms with Gasteiger partial charge in [0.1, 0.15) is 0 Å². The predicted molar refractivity (Wildman–Crippen MR) is 81.5 cm³/mol. The predicted octanol–water partition coefficient (Wildman–Crippen LogP) is 0.999. The van der Waals surface area contributed by atoms with Gasteiger partial charge in [-0.25, -0.2) is 0 Å². The van der Waals surface area contributed by atoms with Gasteiger partial charge in [0, 0.05) is 25.2 Å². The summed E-state index contributed by atoms with van der Waals surface area (Å²) in [6.45, 7) is 2.01. The van der Waals surface area contributed by atoms with Crippen molar-refractivity contribution >= 4 is 5.82 Å². The number of aliphatic hydroxyl groups excluding tert-OH is 1. The summed E-state index contributed by atoms with van der Waals surface area (Å²) in [5.41, 5.74) is 2.61. The number of aryl methyl sites for hydroxylation is 2. The third kappa shape index (κ3) is 2.32. The molecule has 1 aromatic rings. The maximum atomic E-state index is 9.78. The van der Waals surface area contributed by atoms with Crippen molar-refractivity contribution < 1.29 is 5.11 Å². The average Bonchev–Trinajstić information content (AvgIpc) is 2.44. The second kappa shape index (κ2) is 5.21. The van der Waals surface area contributed by atoms with Gasteiger partial charge in [-0.1, -0.05) is 0 Å². The van der Waals surface area contributed by atoms with E-state index in [-0.39, 0.29) is 6.10 Å². The van der Waals surface area contributed by atoms with Gasteiger partial charge in [-0.3, -0.25) is 4.90 Å². The molecule has 4 rings (SSSR count). The Morgan fingerprint density at radius 1 is 1.19 bits per heavy atom. The van der Waals surface area contributed by atoms with Crippen LogP contribution in [0.25, 0.3) is 0 Å². The molecule has 2 fully saturated rings. The van der Waals surface area contributed by atoms with E-state index in [9.17, 15) is 5.11 Å². The van der Waals surface area contributed by atoms with Gasteiger partial charge in [-0.05, 0) is 57.2 Å². The van der Waals surface area contributed by atoms with Crippen LogP contribution >= 0.6 is 0 Å². The third-order valence-corrected chi connectivity index (χ3v) is 5.54. The molecule has 1 aliphatic heterocycles. The number of hydrogen-bond donors (Lipinski definition) is 1. The number of anilines is 1. The Bertz CT molecular complexity index is 529. The zero-order valence-electron chi connectivity index (χ0n) is 12.7. The Morgan fingerprint density at radius 3 is 2.71 bits per heavy atom. The fourth-order valence-corrected chi connectivity index (χ4v) is 3.74. The van der Waals surface area contributed by atoms with Crippen LogP contribution in [0.15, 0.2) is 6.07 Å². The molecule has 2 atom stereocenters. The summed E-state index contributed by atoms with van der Waals surface area (Å²) in [6, 6.07) is 3.16. The highest BCUT2D eigenvalue weighted by atomic mass is 16.3. The summed E-state index contributed by atoms with van der Waals surface area (Å²) in [4.78, 5) is 4.67. The van der Waals surface area contributed by atoms with Gasteiger partial charge in [0.25, 0.3) is 0 Å². The van der Waals surface area contributed by atoms with Crippen molar-refractivity contribution in [3.8, 4) is 0 Å². The minimum absolute atomic E-state index is 0.118. The standard InChI is InChI=1S/C16H24N4O/c1-19(14-6-7-15(14)21)12-9-20(10-12)16-8-11-4-2-3-5-13(11)17-18-16/h8,12,14-15,21H,2-7,9-10H2,1H3. The van der Waals surface area contributed by atoms with Crippen LogP contribution in [-0.2, 0) is 12.8 Å². The van der Waals surface area contributed by atoms with Crippen LogP contribution in [0, 0.1) is 0 Å². The molecule has 0 amide bonds. The van der Waals surface area contributed by atoms with Gasteiger partial charge in [-0.2, -0.15) is 5.10 Å². The molecule has 1 saturated carbocycles. The van der Waals surface area contributed by atoms with Crippen LogP contribution < -0.4 is 4.90 Å². The van der Waals surface area contributed by atoms with Crippen LogP contribution in [0.1, 0.15) is 36.9 Å². The van der Waals surface area contributed by atoms with E-state index in [2.05, 4.69) is 33.1 Å². The first kappa shape index (κ1) is 13.5. The normalized spacial score (nSPS) is 29.0. The molecule has 21 heavy (non-hydrogen) atoms. The number of nitrogens with zero attached hydrogens (tertiary/aromatic N) is 4. The van der Waals surface area contributed by atoms with E-state index >= 15 is 0 Å². The van der Waals surface area contributed by atoms with E-state index in [0.29, 0.717) is 12.1 Å². The van der Waals surface area contributed by atoms with E-state index in [4.69, 9.17) is 0 Å². The van der Waals surface area contributed by atoms with Crippen molar-refractivity contribution in [1.82, 2.24) is 15.1 Å². The molecule has 0 aromatic carbocycles. The number of rotatable bonds is 3. The minimum atomic E-state index is -0.118. The highest BCUT2D eigenvalue weighted by Crippen LogP contribution is 2.30. The SMILES string of the molecule is CN(C1CN(c2cc3c(nn2)CCCC3)C1)C1CCC1O. The van der Waals surface area contributed by atoms with Crippen molar-refractivity contribution in [2.75, 3.05) is 25.0 Å². The Labute approximate surface area is 126 Å².